The fraction of sp³-hybridized carbons (Fsp3) is 0.750. The third-order valence-corrected chi connectivity index (χ3v) is 2.90. The van der Waals surface area contributed by atoms with Crippen LogP contribution >= 0.6 is 0 Å². The molecule has 0 saturated heterocycles. The van der Waals surface area contributed by atoms with Crippen LogP contribution in [0.5, 0.6) is 0 Å². The molecule has 0 spiro atoms. The minimum absolute atomic E-state index is 0.110. The topological polar surface area (TPSA) is 46.5 Å². The van der Waals surface area contributed by atoms with Crippen molar-refractivity contribution in [3.63, 3.8) is 0 Å². The van der Waals surface area contributed by atoms with Gasteiger partial charge < -0.3 is 9.84 Å². The summed E-state index contributed by atoms with van der Waals surface area (Å²) in [5.41, 5.74) is -0.480. The van der Waals surface area contributed by atoms with Crippen molar-refractivity contribution in [1.29, 1.82) is 0 Å². The molecule has 0 radical (unpaired) electrons. The number of aliphatic hydroxyl groups is 1. The molecule has 0 aliphatic heterocycles. The summed E-state index contributed by atoms with van der Waals surface area (Å²) >= 11 is 0. The van der Waals surface area contributed by atoms with Crippen LogP contribution in [0.4, 0.5) is 0 Å². The summed E-state index contributed by atoms with van der Waals surface area (Å²) < 4.78 is 5.10. The van der Waals surface area contributed by atoms with Crippen LogP contribution in [0.25, 0.3) is 0 Å². The van der Waals surface area contributed by atoms with Gasteiger partial charge in [0.1, 0.15) is 6.61 Å². The van der Waals surface area contributed by atoms with Crippen LogP contribution in [-0.4, -0.2) is 23.8 Å². The highest BCUT2D eigenvalue weighted by Gasteiger charge is 2.33. The number of allylic oxidation sites excluding steroid dienone is 1. The molecule has 1 aliphatic rings. The monoisotopic (exact) mass is 212 g/mol. The molecule has 3 heteroatoms. The lowest BCUT2D eigenvalue weighted by Gasteiger charge is -2.26. The molecule has 3 nitrogen and oxygen atoms in total. The van der Waals surface area contributed by atoms with Gasteiger partial charge in [-0.2, -0.15) is 0 Å². The molecule has 15 heavy (non-hydrogen) atoms. The highest BCUT2D eigenvalue weighted by Crippen LogP contribution is 2.31. The van der Waals surface area contributed by atoms with Crippen LogP contribution in [0.15, 0.2) is 12.2 Å². The van der Waals surface area contributed by atoms with Gasteiger partial charge in [-0.1, -0.05) is 19.1 Å². The van der Waals surface area contributed by atoms with Crippen LogP contribution in [0, 0.1) is 5.41 Å². The molecule has 0 amide bonds. The molecule has 0 bridgehead atoms. The molecule has 1 aliphatic carbocycles. The lowest BCUT2D eigenvalue weighted by atomic mass is 9.81. The van der Waals surface area contributed by atoms with Gasteiger partial charge in [0.15, 0.2) is 0 Å². The molecule has 0 heterocycles. The Hall–Kier alpha value is -0.830. The highest BCUT2D eigenvalue weighted by molar-refractivity contribution is 5.78. The Morgan fingerprint density at radius 2 is 2.40 bits per heavy atom. The number of rotatable bonds is 4. The number of carbonyl (C=O) groups is 1. The third kappa shape index (κ3) is 3.34. The zero-order valence-corrected chi connectivity index (χ0v) is 9.53. The van der Waals surface area contributed by atoms with Crippen molar-refractivity contribution in [2.75, 3.05) is 6.61 Å². The van der Waals surface area contributed by atoms with E-state index >= 15 is 0 Å². The molecular formula is C12H20O3. The average Bonchev–Trinajstić information content (AvgIpc) is 2.26. The molecule has 0 saturated carbocycles. The minimum atomic E-state index is -0.537. The second-order valence-corrected chi connectivity index (χ2v) is 4.37. The number of esters is 1. The van der Waals surface area contributed by atoms with Gasteiger partial charge in [-0.05, 0) is 32.6 Å². The largest absolute Gasteiger partial charge is 0.462 e. The Labute approximate surface area is 91.1 Å². The summed E-state index contributed by atoms with van der Waals surface area (Å²) in [6, 6.07) is 0. The fourth-order valence-electron chi connectivity index (χ4n) is 1.64. The van der Waals surface area contributed by atoms with Gasteiger partial charge in [0.2, 0.25) is 0 Å². The van der Waals surface area contributed by atoms with E-state index in [0.29, 0.717) is 6.42 Å². The third-order valence-electron chi connectivity index (χ3n) is 2.90. The van der Waals surface area contributed by atoms with Gasteiger partial charge in [0, 0.05) is 0 Å². The standard InChI is InChI=1S/C12H20O3/c1-3-10(13)9-15-11(14)12(2)7-5-4-6-8-12/h5,7,10,13H,3-4,6,8-9H2,1-2H3. The SMILES string of the molecule is CCC(O)COC(=O)C1(C)C=CCCC1. The quantitative estimate of drug-likeness (QED) is 0.573. The Morgan fingerprint density at radius 1 is 1.67 bits per heavy atom. The van der Waals surface area contributed by atoms with Gasteiger partial charge in [-0.15, -0.1) is 0 Å². The average molecular weight is 212 g/mol. The maximum Gasteiger partial charge on any atom is 0.315 e. The van der Waals surface area contributed by atoms with Gasteiger partial charge in [0.05, 0.1) is 11.5 Å². The molecule has 0 fully saturated rings. The van der Waals surface area contributed by atoms with Crippen LogP contribution in [0.2, 0.25) is 0 Å². The van der Waals surface area contributed by atoms with E-state index in [2.05, 4.69) is 0 Å². The van der Waals surface area contributed by atoms with E-state index < -0.39 is 11.5 Å². The maximum absolute atomic E-state index is 11.8. The Bertz CT molecular complexity index is 247. The summed E-state index contributed by atoms with van der Waals surface area (Å²) in [6.45, 7) is 3.86. The van der Waals surface area contributed by atoms with Crippen molar-refractivity contribution in [3.05, 3.63) is 12.2 Å². The van der Waals surface area contributed by atoms with Crippen LogP contribution in [-0.2, 0) is 9.53 Å². The van der Waals surface area contributed by atoms with Gasteiger partial charge >= 0.3 is 5.97 Å². The number of hydrogen-bond donors (Lipinski definition) is 1. The van der Waals surface area contributed by atoms with Gasteiger partial charge in [-0.25, -0.2) is 0 Å². The second kappa shape index (κ2) is 5.31. The zero-order valence-electron chi connectivity index (χ0n) is 9.53. The first-order chi connectivity index (χ1) is 7.08. The molecule has 2 atom stereocenters. The van der Waals surface area contributed by atoms with E-state index in [1.54, 1.807) is 0 Å². The van der Waals surface area contributed by atoms with Gasteiger partial charge in [0.25, 0.3) is 0 Å². The molecule has 0 aromatic heterocycles. The summed E-state index contributed by atoms with van der Waals surface area (Å²) in [5.74, 6) is -0.217. The maximum atomic E-state index is 11.8. The van der Waals surface area contributed by atoms with Gasteiger partial charge in [-0.3, -0.25) is 4.79 Å². The Morgan fingerprint density at radius 3 is 2.93 bits per heavy atom. The molecule has 2 unspecified atom stereocenters. The van der Waals surface area contributed by atoms with Crippen molar-refractivity contribution in [2.24, 2.45) is 5.41 Å². The van der Waals surface area contributed by atoms with Crippen LogP contribution < -0.4 is 0 Å². The molecule has 1 rings (SSSR count). The Balaban J connectivity index is 2.45. The molecule has 0 aromatic carbocycles. The zero-order chi connectivity index (χ0) is 11.3. The number of aliphatic hydroxyl groups excluding tert-OH is 1. The summed E-state index contributed by atoms with van der Waals surface area (Å²) in [7, 11) is 0. The first-order valence-electron chi connectivity index (χ1n) is 5.61. The molecule has 1 N–H and O–H groups in total. The molecular weight excluding hydrogens is 192 g/mol. The normalized spacial score (nSPS) is 27.4. The molecule has 86 valence electrons. The van der Waals surface area contributed by atoms with E-state index in [1.165, 1.54) is 0 Å². The first kappa shape index (κ1) is 12.2. The van der Waals surface area contributed by atoms with E-state index in [-0.39, 0.29) is 12.6 Å². The number of carbonyl (C=O) groups excluding carboxylic acids is 1. The minimum Gasteiger partial charge on any atom is -0.462 e. The van der Waals surface area contributed by atoms with Crippen molar-refractivity contribution in [2.45, 2.75) is 45.6 Å². The smallest absolute Gasteiger partial charge is 0.315 e. The summed E-state index contributed by atoms with van der Waals surface area (Å²) in [5, 5.41) is 9.29. The number of hydrogen-bond acceptors (Lipinski definition) is 3. The van der Waals surface area contributed by atoms with Crippen molar-refractivity contribution in [1.82, 2.24) is 0 Å². The van der Waals surface area contributed by atoms with Crippen LogP contribution in [0.1, 0.15) is 39.5 Å². The van der Waals surface area contributed by atoms with Crippen molar-refractivity contribution >= 4 is 5.97 Å². The Kier molecular flexibility index (Phi) is 4.33. The lowest BCUT2D eigenvalue weighted by molar-refractivity contribution is -0.155. The lowest BCUT2D eigenvalue weighted by Crippen LogP contribution is -2.31. The highest BCUT2D eigenvalue weighted by atomic mass is 16.5. The predicted molar refractivity (Wildman–Crippen MR) is 58.4 cm³/mol. The van der Waals surface area contributed by atoms with E-state index in [1.807, 2.05) is 26.0 Å². The first-order valence-corrected chi connectivity index (χ1v) is 5.61. The van der Waals surface area contributed by atoms with E-state index in [4.69, 9.17) is 4.74 Å². The van der Waals surface area contributed by atoms with E-state index in [9.17, 15) is 9.90 Å². The summed E-state index contributed by atoms with van der Waals surface area (Å²) in [6.07, 6.45) is 6.94. The molecule has 0 aromatic rings. The number of ether oxygens (including phenoxy) is 1. The predicted octanol–water partition coefficient (Wildman–Crippen LogP) is 2.05. The van der Waals surface area contributed by atoms with Crippen LogP contribution in [0.3, 0.4) is 0 Å². The fourth-order valence-corrected chi connectivity index (χ4v) is 1.64. The second-order valence-electron chi connectivity index (χ2n) is 4.37. The van der Waals surface area contributed by atoms with E-state index in [0.717, 1.165) is 19.3 Å². The van der Waals surface area contributed by atoms with Crippen molar-refractivity contribution < 1.29 is 14.6 Å². The summed E-state index contributed by atoms with van der Waals surface area (Å²) in [4.78, 5) is 11.8. The van der Waals surface area contributed by atoms with Crippen molar-refractivity contribution in [3.8, 4) is 0 Å².